The second-order valence-corrected chi connectivity index (χ2v) is 6.02. The molecule has 2 unspecified atom stereocenters. The van der Waals surface area contributed by atoms with Gasteiger partial charge in [0, 0.05) is 12.1 Å². The van der Waals surface area contributed by atoms with Gasteiger partial charge in [-0.15, -0.1) is 0 Å². The highest BCUT2D eigenvalue weighted by Crippen LogP contribution is 2.26. The van der Waals surface area contributed by atoms with Gasteiger partial charge in [0.05, 0.1) is 0 Å². The average molecular weight is 239 g/mol. The summed E-state index contributed by atoms with van der Waals surface area (Å²) in [5.41, 5.74) is 0. The number of nitrogens with one attached hydrogen (secondary N) is 1. The van der Waals surface area contributed by atoms with Crippen LogP contribution in [0.5, 0.6) is 0 Å². The maximum atomic E-state index is 3.76. The minimum atomic E-state index is 0.800. The van der Waals surface area contributed by atoms with Crippen molar-refractivity contribution in [3.8, 4) is 0 Å². The normalized spacial score (nSPS) is 29.8. The number of nitrogens with zero attached hydrogens (tertiary/aromatic N) is 2. The average Bonchev–Trinajstić information content (AvgIpc) is 2.75. The van der Waals surface area contributed by atoms with Crippen molar-refractivity contribution >= 4 is 0 Å². The van der Waals surface area contributed by atoms with E-state index in [0.29, 0.717) is 0 Å². The fourth-order valence-corrected chi connectivity index (χ4v) is 3.27. The van der Waals surface area contributed by atoms with Crippen molar-refractivity contribution in [1.29, 1.82) is 0 Å². The van der Waals surface area contributed by atoms with Crippen molar-refractivity contribution in [3.05, 3.63) is 0 Å². The van der Waals surface area contributed by atoms with E-state index in [0.717, 1.165) is 12.1 Å². The van der Waals surface area contributed by atoms with Gasteiger partial charge in [0.15, 0.2) is 0 Å². The Morgan fingerprint density at radius 1 is 1.18 bits per heavy atom. The Labute approximate surface area is 107 Å². The van der Waals surface area contributed by atoms with Crippen molar-refractivity contribution in [2.45, 2.75) is 50.6 Å². The first-order chi connectivity index (χ1) is 8.25. The Balaban J connectivity index is 1.54. The van der Waals surface area contributed by atoms with E-state index >= 15 is 0 Å². The van der Waals surface area contributed by atoms with Crippen LogP contribution in [-0.2, 0) is 0 Å². The molecule has 0 bridgehead atoms. The summed E-state index contributed by atoms with van der Waals surface area (Å²) >= 11 is 0. The zero-order valence-electron chi connectivity index (χ0n) is 11.6. The van der Waals surface area contributed by atoms with E-state index in [4.69, 9.17) is 0 Å². The van der Waals surface area contributed by atoms with Crippen molar-refractivity contribution in [1.82, 2.24) is 15.1 Å². The van der Waals surface area contributed by atoms with Crippen LogP contribution >= 0.6 is 0 Å². The molecular weight excluding hydrogens is 210 g/mol. The van der Waals surface area contributed by atoms with Crippen molar-refractivity contribution in [2.75, 3.05) is 40.3 Å². The summed E-state index contributed by atoms with van der Waals surface area (Å²) in [5, 5.41) is 3.76. The van der Waals surface area contributed by atoms with Gasteiger partial charge in [0.2, 0.25) is 0 Å². The monoisotopic (exact) mass is 239 g/mol. The first-order valence-corrected chi connectivity index (χ1v) is 7.38. The fraction of sp³-hybridized carbons (Fsp3) is 1.00. The zero-order valence-corrected chi connectivity index (χ0v) is 11.6. The summed E-state index contributed by atoms with van der Waals surface area (Å²) < 4.78 is 0. The van der Waals surface area contributed by atoms with Crippen LogP contribution < -0.4 is 5.32 Å². The molecule has 0 aromatic carbocycles. The lowest BCUT2D eigenvalue weighted by Gasteiger charge is -2.35. The number of hydrogen-bond acceptors (Lipinski definition) is 3. The molecule has 0 aliphatic carbocycles. The summed E-state index contributed by atoms with van der Waals surface area (Å²) in [6.45, 7) is 5.13. The van der Waals surface area contributed by atoms with Crippen molar-refractivity contribution < 1.29 is 0 Å². The number of hydrogen-bond donors (Lipinski definition) is 1. The van der Waals surface area contributed by atoms with Crippen LogP contribution in [0.15, 0.2) is 0 Å². The number of piperidine rings is 1. The van der Waals surface area contributed by atoms with E-state index < -0.39 is 0 Å². The van der Waals surface area contributed by atoms with Crippen molar-refractivity contribution in [2.24, 2.45) is 0 Å². The molecular formula is C14H29N3. The van der Waals surface area contributed by atoms with Crippen LogP contribution in [0.4, 0.5) is 0 Å². The molecule has 2 heterocycles. The van der Waals surface area contributed by atoms with Crippen LogP contribution in [0, 0.1) is 0 Å². The van der Waals surface area contributed by atoms with Crippen LogP contribution in [0.25, 0.3) is 0 Å². The molecule has 3 nitrogen and oxygen atoms in total. The number of rotatable bonds is 6. The molecule has 0 aromatic rings. The Morgan fingerprint density at radius 2 is 2.06 bits per heavy atom. The Hall–Kier alpha value is -0.120. The summed E-state index contributed by atoms with van der Waals surface area (Å²) in [5.74, 6) is 0. The van der Waals surface area contributed by atoms with Gasteiger partial charge in [0.1, 0.15) is 0 Å². The van der Waals surface area contributed by atoms with Crippen LogP contribution in [0.3, 0.4) is 0 Å². The van der Waals surface area contributed by atoms with Gasteiger partial charge in [-0.05, 0) is 78.8 Å². The predicted octanol–water partition coefficient (Wildman–Crippen LogP) is 1.54. The molecule has 2 atom stereocenters. The highest BCUT2D eigenvalue weighted by Gasteiger charge is 2.31. The SMILES string of the molecule is CN(C)CCCCNC1CCN2CCCC2C1. The molecule has 17 heavy (non-hydrogen) atoms. The maximum Gasteiger partial charge on any atom is 0.0111 e. The summed E-state index contributed by atoms with van der Waals surface area (Å²) in [7, 11) is 4.31. The first-order valence-electron chi connectivity index (χ1n) is 7.38. The van der Waals surface area contributed by atoms with Gasteiger partial charge in [-0.3, -0.25) is 0 Å². The van der Waals surface area contributed by atoms with Crippen LogP contribution in [0.2, 0.25) is 0 Å². The molecule has 2 rings (SSSR count). The second kappa shape index (κ2) is 6.72. The lowest BCUT2D eigenvalue weighted by Crippen LogP contribution is -2.45. The summed E-state index contributed by atoms with van der Waals surface area (Å²) in [4.78, 5) is 4.97. The third-order valence-electron chi connectivity index (χ3n) is 4.29. The molecule has 100 valence electrons. The van der Waals surface area contributed by atoms with Gasteiger partial charge in [-0.1, -0.05) is 0 Å². The molecule has 2 fully saturated rings. The van der Waals surface area contributed by atoms with Gasteiger partial charge >= 0.3 is 0 Å². The third kappa shape index (κ3) is 4.23. The minimum absolute atomic E-state index is 0.800. The number of fused-ring (bicyclic) bond motifs is 1. The molecule has 0 radical (unpaired) electrons. The Kier molecular flexibility index (Phi) is 5.26. The number of unbranched alkanes of at least 4 members (excludes halogenated alkanes) is 1. The van der Waals surface area contributed by atoms with Gasteiger partial charge in [-0.25, -0.2) is 0 Å². The molecule has 0 amide bonds. The zero-order chi connectivity index (χ0) is 12.1. The van der Waals surface area contributed by atoms with Gasteiger partial charge in [0.25, 0.3) is 0 Å². The van der Waals surface area contributed by atoms with Crippen molar-refractivity contribution in [3.63, 3.8) is 0 Å². The van der Waals surface area contributed by atoms with Gasteiger partial charge in [-0.2, -0.15) is 0 Å². The molecule has 0 spiro atoms. The first kappa shape index (κ1) is 13.3. The predicted molar refractivity (Wildman–Crippen MR) is 73.4 cm³/mol. The second-order valence-electron chi connectivity index (χ2n) is 6.02. The lowest BCUT2D eigenvalue weighted by molar-refractivity contribution is 0.167. The quantitative estimate of drug-likeness (QED) is 0.710. The van der Waals surface area contributed by atoms with E-state index in [9.17, 15) is 0 Å². The summed E-state index contributed by atoms with van der Waals surface area (Å²) in [6.07, 6.45) is 8.28. The smallest absolute Gasteiger partial charge is 0.0111 e. The molecule has 2 saturated heterocycles. The molecule has 1 N–H and O–H groups in total. The maximum absolute atomic E-state index is 3.76. The summed E-state index contributed by atoms with van der Waals surface area (Å²) in [6, 6.07) is 1.71. The standard InChI is InChI=1S/C14H29N3/c1-16(2)9-4-3-8-15-13-7-11-17-10-5-6-14(17)12-13/h13-15H,3-12H2,1-2H3. The highest BCUT2D eigenvalue weighted by molar-refractivity contribution is 4.89. The van der Waals surface area contributed by atoms with E-state index in [1.54, 1.807) is 0 Å². The molecule has 3 heteroatoms. The largest absolute Gasteiger partial charge is 0.314 e. The molecule has 2 aliphatic heterocycles. The highest BCUT2D eigenvalue weighted by atomic mass is 15.2. The Bertz CT molecular complexity index is 218. The Morgan fingerprint density at radius 3 is 2.88 bits per heavy atom. The van der Waals surface area contributed by atoms with E-state index in [1.807, 2.05) is 0 Å². The van der Waals surface area contributed by atoms with Crippen LogP contribution in [0.1, 0.15) is 38.5 Å². The van der Waals surface area contributed by atoms with Crippen LogP contribution in [-0.4, -0.2) is 62.2 Å². The van der Waals surface area contributed by atoms with E-state index in [-0.39, 0.29) is 0 Å². The fourth-order valence-electron chi connectivity index (χ4n) is 3.27. The minimum Gasteiger partial charge on any atom is -0.314 e. The van der Waals surface area contributed by atoms with E-state index in [2.05, 4.69) is 29.2 Å². The third-order valence-corrected chi connectivity index (χ3v) is 4.29. The lowest BCUT2D eigenvalue weighted by atomic mass is 9.97. The molecule has 2 aliphatic rings. The topological polar surface area (TPSA) is 18.5 Å². The molecule has 0 aromatic heterocycles. The van der Waals surface area contributed by atoms with E-state index in [1.165, 1.54) is 64.7 Å². The van der Waals surface area contributed by atoms with Gasteiger partial charge < -0.3 is 15.1 Å². The molecule has 0 saturated carbocycles.